The number of aliphatic hydroxyl groups is 1. The van der Waals surface area contributed by atoms with Gasteiger partial charge >= 0.3 is 17.9 Å². The van der Waals surface area contributed by atoms with Crippen molar-refractivity contribution in [2.75, 3.05) is 0 Å². The van der Waals surface area contributed by atoms with E-state index in [4.69, 9.17) is 4.74 Å². The van der Waals surface area contributed by atoms with Crippen LogP contribution in [0.25, 0.3) is 0 Å². The van der Waals surface area contributed by atoms with Gasteiger partial charge in [-0.1, -0.05) is 24.8 Å². The predicted molar refractivity (Wildman–Crippen MR) is 75.9 cm³/mol. The molecule has 0 bridgehead atoms. The van der Waals surface area contributed by atoms with Crippen LogP contribution < -0.4 is 0 Å². The van der Waals surface area contributed by atoms with Crippen molar-refractivity contribution in [3.63, 3.8) is 0 Å². The number of carboxylic acids is 2. The van der Waals surface area contributed by atoms with Crippen molar-refractivity contribution < 1.29 is 34.4 Å². The summed E-state index contributed by atoms with van der Waals surface area (Å²) in [6.07, 6.45) is 2.75. The maximum absolute atomic E-state index is 11.8. The molecule has 0 fully saturated rings. The molecule has 3 atom stereocenters. The highest BCUT2D eigenvalue weighted by molar-refractivity contribution is 5.96. The van der Waals surface area contributed by atoms with Crippen molar-refractivity contribution in [1.29, 1.82) is 0 Å². The molecule has 0 saturated carbocycles. The standard InChI is InChI=1S/C15H18O7/c1-8(2)13(19)22-15(14(20)21)10(7-9(3)16)5-4-6-11(15)12(17)18/h4-6,9,11,16H,1,7H2,2-3H3,(H,17,18)(H,20,21). The summed E-state index contributed by atoms with van der Waals surface area (Å²) in [6, 6.07) is 0. The van der Waals surface area contributed by atoms with Gasteiger partial charge in [0, 0.05) is 5.57 Å². The molecule has 7 nitrogen and oxygen atoms in total. The van der Waals surface area contributed by atoms with Gasteiger partial charge in [-0.25, -0.2) is 9.59 Å². The fourth-order valence-corrected chi connectivity index (χ4v) is 2.21. The number of hydrogen-bond donors (Lipinski definition) is 3. The lowest BCUT2D eigenvalue weighted by atomic mass is 9.75. The minimum absolute atomic E-state index is 0.000463. The predicted octanol–water partition coefficient (Wildman–Crippen LogP) is 0.897. The molecule has 1 rings (SSSR count). The Morgan fingerprint density at radius 3 is 2.41 bits per heavy atom. The van der Waals surface area contributed by atoms with Crippen LogP contribution in [0, 0.1) is 5.92 Å². The number of esters is 1. The average Bonchev–Trinajstić information content (AvgIpc) is 2.38. The first-order valence-corrected chi connectivity index (χ1v) is 6.53. The van der Waals surface area contributed by atoms with Gasteiger partial charge in [0.1, 0.15) is 5.92 Å². The minimum atomic E-state index is -2.41. The van der Waals surface area contributed by atoms with E-state index in [0.29, 0.717) is 0 Å². The van der Waals surface area contributed by atoms with E-state index in [1.807, 2.05) is 0 Å². The SMILES string of the molecule is C=C(C)C(=O)OC1(C(=O)O)C(CC(C)O)=CC=CC1C(=O)O. The maximum Gasteiger partial charge on any atom is 0.353 e. The Labute approximate surface area is 127 Å². The molecule has 7 heteroatoms. The third-order valence-electron chi connectivity index (χ3n) is 3.22. The van der Waals surface area contributed by atoms with Gasteiger partial charge in [-0.15, -0.1) is 0 Å². The van der Waals surface area contributed by atoms with Crippen LogP contribution in [0.2, 0.25) is 0 Å². The van der Waals surface area contributed by atoms with E-state index in [-0.39, 0.29) is 17.6 Å². The average molecular weight is 310 g/mol. The first-order chi connectivity index (χ1) is 10.1. The summed E-state index contributed by atoms with van der Waals surface area (Å²) in [5, 5.41) is 28.4. The monoisotopic (exact) mass is 310 g/mol. The molecule has 0 aliphatic heterocycles. The van der Waals surface area contributed by atoms with Crippen molar-refractivity contribution in [2.45, 2.75) is 32.0 Å². The van der Waals surface area contributed by atoms with Gasteiger partial charge in [-0.2, -0.15) is 0 Å². The highest BCUT2D eigenvalue weighted by Gasteiger charge is 2.56. The third-order valence-corrected chi connectivity index (χ3v) is 3.22. The van der Waals surface area contributed by atoms with Crippen LogP contribution in [-0.4, -0.2) is 44.9 Å². The number of allylic oxidation sites excluding steroid dienone is 2. The molecule has 0 saturated heterocycles. The van der Waals surface area contributed by atoms with E-state index in [2.05, 4.69) is 6.58 Å². The molecule has 3 N–H and O–H groups in total. The summed E-state index contributed by atoms with van der Waals surface area (Å²) in [5.74, 6) is -5.69. The highest BCUT2D eigenvalue weighted by Crippen LogP contribution is 2.38. The summed E-state index contributed by atoms with van der Waals surface area (Å²) in [5.41, 5.74) is -2.47. The van der Waals surface area contributed by atoms with Crippen molar-refractivity contribution in [3.05, 3.63) is 36.0 Å². The topological polar surface area (TPSA) is 121 Å². The van der Waals surface area contributed by atoms with Crippen LogP contribution in [0.1, 0.15) is 20.3 Å². The molecule has 1 aliphatic carbocycles. The number of hydrogen-bond acceptors (Lipinski definition) is 5. The van der Waals surface area contributed by atoms with Crippen LogP contribution in [0.4, 0.5) is 0 Å². The third kappa shape index (κ3) is 3.25. The fourth-order valence-electron chi connectivity index (χ4n) is 2.21. The summed E-state index contributed by atoms with van der Waals surface area (Å²) < 4.78 is 5.04. The van der Waals surface area contributed by atoms with Crippen LogP contribution in [-0.2, 0) is 19.1 Å². The first kappa shape index (κ1) is 17.6. The second kappa shape index (κ2) is 6.57. The normalized spacial score (nSPS) is 25.0. The van der Waals surface area contributed by atoms with Crippen LogP contribution >= 0.6 is 0 Å². The molecule has 0 aromatic heterocycles. The molecule has 22 heavy (non-hydrogen) atoms. The summed E-state index contributed by atoms with van der Waals surface area (Å²) in [7, 11) is 0. The Kier molecular flexibility index (Phi) is 5.27. The van der Waals surface area contributed by atoms with Gasteiger partial charge < -0.3 is 20.1 Å². The second-order valence-electron chi connectivity index (χ2n) is 5.16. The largest absolute Gasteiger partial charge is 0.481 e. The van der Waals surface area contributed by atoms with Crippen molar-refractivity contribution in [3.8, 4) is 0 Å². The molecule has 0 spiro atoms. The lowest BCUT2D eigenvalue weighted by molar-refractivity contribution is -0.181. The second-order valence-corrected chi connectivity index (χ2v) is 5.16. The van der Waals surface area contributed by atoms with Gasteiger partial charge in [-0.3, -0.25) is 4.79 Å². The Morgan fingerprint density at radius 2 is 2.00 bits per heavy atom. The minimum Gasteiger partial charge on any atom is -0.481 e. The molecule has 0 radical (unpaired) electrons. The van der Waals surface area contributed by atoms with Gasteiger partial charge in [-0.05, 0) is 25.8 Å². The van der Waals surface area contributed by atoms with Crippen LogP contribution in [0.3, 0.4) is 0 Å². The van der Waals surface area contributed by atoms with E-state index in [0.717, 1.165) is 6.08 Å². The molecule has 120 valence electrons. The van der Waals surface area contributed by atoms with Crippen LogP contribution in [0.5, 0.6) is 0 Å². The summed E-state index contributed by atoms with van der Waals surface area (Å²) in [6.45, 7) is 6.11. The first-order valence-electron chi connectivity index (χ1n) is 6.53. The Bertz CT molecular complexity index is 570. The summed E-state index contributed by atoms with van der Waals surface area (Å²) in [4.78, 5) is 35.1. The molecule has 1 aliphatic rings. The Balaban J connectivity index is 3.46. The molecule has 0 aromatic carbocycles. The lowest BCUT2D eigenvalue weighted by Gasteiger charge is -2.37. The lowest BCUT2D eigenvalue weighted by Crippen LogP contribution is -2.54. The van der Waals surface area contributed by atoms with Crippen molar-refractivity contribution in [1.82, 2.24) is 0 Å². The van der Waals surface area contributed by atoms with E-state index in [1.54, 1.807) is 0 Å². The van der Waals surface area contributed by atoms with Gasteiger partial charge in [0.25, 0.3) is 0 Å². The van der Waals surface area contributed by atoms with Crippen molar-refractivity contribution >= 4 is 17.9 Å². The molecule has 0 amide bonds. The Hall–Kier alpha value is -2.41. The van der Waals surface area contributed by atoms with E-state index in [1.165, 1.54) is 26.0 Å². The van der Waals surface area contributed by atoms with E-state index < -0.39 is 35.5 Å². The zero-order valence-corrected chi connectivity index (χ0v) is 12.3. The maximum atomic E-state index is 11.8. The van der Waals surface area contributed by atoms with Crippen molar-refractivity contribution in [2.24, 2.45) is 5.92 Å². The number of aliphatic carboxylic acids is 2. The van der Waals surface area contributed by atoms with Gasteiger partial charge in [0.05, 0.1) is 6.10 Å². The molecule has 0 heterocycles. The van der Waals surface area contributed by atoms with Crippen LogP contribution in [0.15, 0.2) is 36.0 Å². The van der Waals surface area contributed by atoms with E-state index in [9.17, 15) is 29.7 Å². The zero-order chi connectivity index (χ0) is 17.1. The number of carbonyl (C=O) groups excluding carboxylic acids is 1. The highest BCUT2D eigenvalue weighted by atomic mass is 16.6. The number of carbonyl (C=O) groups is 3. The fraction of sp³-hybridized carbons (Fsp3) is 0.400. The molecule has 3 unspecified atom stereocenters. The number of rotatable bonds is 6. The quantitative estimate of drug-likeness (QED) is 0.492. The number of carboxylic acid groups (broad SMARTS) is 2. The molecule has 0 aromatic rings. The zero-order valence-electron chi connectivity index (χ0n) is 12.3. The smallest absolute Gasteiger partial charge is 0.353 e. The van der Waals surface area contributed by atoms with E-state index >= 15 is 0 Å². The number of ether oxygens (including phenoxy) is 1. The molecular formula is C15H18O7. The molecular weight excluding hydrogens is 292 g/mol. The number of aliphatic hydroxyl groups excluding tert-OH is 1. The van der Waals surface area contributed by atoms with Gasteiger partial charge in [0.15, 0.2) is 0 Å². The summed E-state index contributed by atoms with van der Waals surface area (Å²) >= 11 is 0. The Morgan fingerprint density at radius 1 is 1.41 bits per heavy atom. The van der Waals surface area contributed by atoms with Gasteiger partial charge in [0.2, 0.25) is 5.60 Å².